The lowest BCUT2D eigenvalue weighted by Gasteiger charge is -1.95. The van der Waals surface area contributed by atoms with Crippen molar-refractivity contribution in [3.63, 3.8) is 0 Å². The molecule has 0 aromatic carbocycles. The van der Waals surface area contributed by atoms with Crippen molar-refractivity contribution in [2.75, 3.05) is 13.2 Å². The van der Waals surface area contributed by atoms with Crippen LogP contribution in [0.5, 0.6) is 0 Å². The number of hydrogen-bond acceptors (Lipinski definition) is 4. The number of alkyl halides is 1. The van der Waals surface area contributed by atoms with Crippen LogP contribution in [0.1, 0.15) is 18.7 Å². The summed E-state index contributed by atoms with van der Waals surface area (Å²) in [7, 11) is 0. The zero-order valence-electron chi connectivity index (χ0n) is 6.92. The van der Waals surface area contributed by atoms with Crippen LogP contribution in [-0.4, -0.2) is 23.4 Å². The van der Waals surface area contributed by atoms with Gasteiger partial charge in [0.05, 0.1) is 6.61 Å². The molecule has 0 aliphatic rings. The Morgan fingerprint density at radius 3 is 2.75 bits per heavy atom. The second-order valence-electron chi connectivity index (χ2n) is 2.17. The Bertz CT molecular complexity index is 227. The zero-order chi connectivity index (χ0) is 8.81. The number of aromatic nitrogens is 2. The summed E-state index contributed by atoms with van der Waals surface area (Å²) in [5.74, 6) is 1.31. The smallest absolute Gasteiger partial charge is 0.231 e. The van der Waals surface area contributed by atoms with Gasteiger partial charge in [-0.05, 0) is 6.92 Å². The van der Waals surface area contributed by atoms with Gasteiger partial charge < -0.3 is 9.15 Å². The van der Waals surface area contributed by atoms with Crippen molar-refractivity contribution in [2.24, 2.45) is 0 Å². The summed E-state index contributed by atoms with van der Waals surface area (Å²) < 4.78 is 10.3. The van der Waals surface area contributed by atoms with Gasteiger partial charge in [-0.1, -0.05) is 0 Å². The van der Waals surface area contributed by atoms with E-state index in [1.54, 1.807) is 0 Å². The second-order valence-corrected chi connectivity index (χ2v) is 2.44. The Kier molecular flexibility index (Phi) is 4.04. The molecule has 0 atom stereocenters. The van der Waals surface area contributed by atoms with Gasteiger partial charge in [-0.2, -0.15) is 0 Å². The maximum Gasteiger partial charge on any atom is 0.231 e. The Morgan fingerprint density at radius 1 is 1.42 bits per heavy atom. The largest absolute Gasteiger partial charge is 0.424 e. The summed E-state index contributed by atoms with van der Waals surface area (Å²) >= 11 is 5.47. The van der Waals surface area contributed by atoms with E-state index >= 15 is 0 Å². The van der Waals surface area contributed by atoms with Crippen LogP contribution in [0.4, 0.5) is 0 Å². The molecule has 0 unspecified atom stereocenters. The Labute approximate surface area is 75.9 Å². The van der Waals surface area contributed by atoms with Gasteiger partial charge in [0.1, 0.15) is 5.88 Å². The van der Waals surface area contributed by atoms with Gasteiger partial charge in [0, 0.05) is 13.0 Å². The van der Waals surface area contributed by atoms with Crippen LogP contribution in [0.3, 0.4) is 0 Å². The normalized spacial score (nSPS) is 10.5. The second kappa shape index (κ2) is 5.11. The molecule has 0 aliphatic heterocycles. The third-order valence-corrected chi connectivity index (χ3v) is 1.52. The summed E-state index contributed by atoms with van der Waals surface area (Å²) in [6.07, 6.45) is 0.651. The van der Waals surface area contributed by atoms with E-state index in [4.69, 9.17) is 20.8 Å². The molecule has 0 saturated heterocycles. The van der Waals surface area contributed by atoms with E-state index in [-0.39, 0.29) is 5.88 Å². The molecule has 1 aromatic heterocycles. The lowest BCUT2D eigenvalue weighted by Crippen LogP contribution is -1.97. The highest BCUT2D eigenvalue weighted by molar-refractivity contribution is 6.16. The minimum atomic E-state index is 0.266. The molecular formula is C7H11ClN2O2. The van der Waals surface area contributed by atoms with Gasteiger partial charge in [0.25, 0.3) is 0 Å². The fourth-order valence-electron chi connectivity index (χ4n) is 0.747. The number of rotatable bonds is 5. The molecule has 0 bridgehead atoms. The van der Waals surface area contributed by atoms with E-state index in [2.05, 4.69) is 10.2 Å². The lowest BCUT2D eigenvalue weighted by atomic mass is 10.5. The highest BCUT2D eigenvalue weighted by Crippen LogP contribution is 2.03. The van der Waals surface area contributed by atoms with Gasteiger partial charge in [-0.3, -0.25) is 0 Å². The number of hydrogen-bond donors (Lipinski definition) is 0. The maximum absolute atomic E-state index is 5.47. The van der Waals surface area contributed by atoms with Crippen LogP contribution in [0.25, 0.3) is 0 Å². The van der Waals surface area contributed by atoms with E-state index < -0.39 is 0 Å². The molecule has 5 heteroatoms. The van der Waals surface area contributed by atoms with Gasteiger partial charge in [-0.25, -0.2) is 0 Å². The molecule has 1 rings (SSSR count). The highest BCUT2D eigenvalue weighted by Gasteiger charge is 2.03. The van der Waals surface area contributed by atoms with Crippen molar-refractivity contribution < 1.29 is 9.15 Å². The molecule has 0 radical (unpaired) electrons. The fraction of sp³-hybridized carbons (Fsp3) is 0.714. The van der Waals surface area contributed by atoms with Crippen molar-refractivity contribution in [3.8, 4) is 0 Å². The minimum absolute atomic E-state index is 0.266. The van der Waals surface area contributed by atoms with Gasteiger partial charge >= 0.3 is 0 Å². The maximum atomic E-state index is 5.47. The Hall–Kier alpha value is -0.610. The topological polar surface area (TPSA) is 48.2 Å². The first-order valence-electron chi connectivity index (χ1n) is 3.81. The van der Waals surface area contributed by atoms with Crippen LogP contribution in [0.15, 0.2) is 4.42 Å². The van der Waals surface area contributed by atoms with Gasteiger partial charge in [0.2, 0.25) is 11.8 Å². The number of halogens is 1. The van der Waals surface area contributed by atoms with E-state index in [0.29, 0.717) is 31.4 Å². The van der Waals surface area contributed by atoms with E-state index in [1.807, 2.05) is 6.92 Å². The van der Waals surface area contributed by atoms with Crippen LogP contribution >= 0.6 is 11.6 Å². The summed E-state index contributed by atoms with van der Waals surface area (Å²) in [5.41, 5.74) is 0. The monoisotopic (exact) mass is 190 g/mol. The molecule has 0 spiro atoms. The van der Waals surface area contributed by atoms with Crippen LogP contribution in [0, 0.1) is 0 Å². The zero-order valence-corrected chi connectivity index (χ0v) is 7.67. The molecule has 1 aromatic rings. The summed E-state index contributed by atoms with van der Waals surface area (Å²) in [4.78, 5) is 0. The predicted octanol–water partition coefficient (Wildman–Crippen LogP) is 1.39. The van der Waals surface area contributed by atoms with Crippen molar-refractivity contribution in [3.05, 3.63) is 11.8 Å². The first-order valence-corrected chi connectivity index (χ1v) is 4.35. The Morgan fingerprint density at radius 2 is 2.17 bits per heavy atom. The number of ether oxygens (including phenoxy) is 1. The van der Waals surface area contributed by atoms with E-state index in [9.17, 15) is 0 Å². The lowest BCUT2D eigenvalue weighted by molar-refractivity contribution is 0.145. The van der Waals surface area contributed by atoms with Gasteiger partial charge in [0.15, 0.2) is 0 Å². The van der Waals surface area contributed by atoms with Crippen LogP contribution in [-0.2, 0) is 17.0 Å². The average molecular weight is 191 g/mol. The molecule has 0 aliphatic carbocycles. The van der Waals surface area contributed by atoms with Crippen molar-refractivity contribution in [1.29, 1.82) is 0 Å². The number of nitrogens with zero attached hydrogens (tertiary/aromatic N) is 2. The minimum Gasteiger partial charge on any atom is -0.424 e. The molecule has 0 fully saturated rings. The average Bonchev–Trinajstić information content (AvgIpc) is 2.53. The van der Waals surface area contributed by atoms with Crippen molar-refractivity contribution in [1.82, 2.24) is 10.2 Å². The quantitative estimate of drug-likeness (QED) is 0.520. The first-order chi connectivity index (χ1) is 5.86. The van der Waals surface area contributed by atoms with E-state index in [0.717, 1.165) is 0 Å². The third-order valence-electron chi connectivity index (χ3n) is 1.29. The third kappa shape index (κ3) is 2.79. The molecule has 68 valence electrons. The summed E-state index contributed by atoms with van der Waals surface area (Å²) in [6, 6.07) is 0. The summed E-state index contributed by atoms with van der Waals surface area (Å²) in [5, 5.41) is 7.49. The molecular weight excluding hydrogens is 180 g/mol. The predicted molar refractivity (Wildman–Crippen MR) is 44.1 cm³/mol. The van der Waals surface area contributed by atoms with Crippen LogP contribution in [0.2, 0.25) is 0 Å². The van der Waals surface area contributed by atoms with E-state index in [1.165, 1.54) is 0 Å². The summed E-state index contributed by atoms with van der Waals surface area (Å²) in [6.45, 7) is 3.26. The van der Waals surface area contributed by atoms with Crippen molar-refractivity contribution in [2.45, 2.75) is 19.2 Å². The van der Waals surface area contributed by atoms with Gasteiger partial charge in [-0.15, -0.1) is 21.8 Å². The molecule has 1 heterocycles. The first kappa shape index (κ1) is 9.48. The highest BCUT2D eigenvalue weighted by atomic mass is 35.5. The fourth-order valence-corrected chi connectivity index (χ4v) is 0.855. The molecule has 0 N–H and O–H groups in total. The standard InChI is InChI=1S/C7H11ClN2O2/c1-2-11-4-3-6-9-10-7(5-8)12-6/h2-5H2,1H3. The molecule has 4 nitrogen and oxygen atoms in total. The van der Waals surface area contributed by atoms with Crippen molar-refractivity contribution >= 4 is 11.6 Å². The Balaban J connectivity index is 2.31. The SMILES string of the molecule is CCOCCc1nnc(CCl)o1. The molecule has 12 heavy (non-hydrogen) atoms. The molecule has 0 saturated carbocycles. The van der Waals surface area contributed by atoms with Crippen LogP contribution < -0.4 is 0 Å². The molecule has 0 amide bonds.